The van der Waals surface area contributed by atoms with Crippen LogP contribution in [0.4, 0.5) is 21.6 Å². The number of aromatic nitrogens is 1. The summed E-state index contributed by atoms with van der Waals surface area (Å²) in [6, 6.07) is 10.6. The maximum atomic E-state index is 13.1. The molecule has 148 valence electrons. The van der Waals surface area contributed by atoms with E-state index in [9.17, 15) is 9.18 Å². The van der Waals surface area contributed by atoms with Crippen molar-refractivity contribution >= 4 is 23.1 Å². The van der Waals surface area contributed by atoms with Crippen molar-refractivity contribution in [2.75, 3.05) is 41.3 Å². The van der Waals surface area contributed by atoms with Gasteiger partial charge in [-0.1, -0.05) is 19.3 Å². The summed E-state index contributed by atoms with van der Waals surface area (Å²) in [5.41, 5.74) is 2.12. The van der Waals surface area contributed by atoms with Crippen LogP contribution >= 0.6 is 0 Å². The number of hydrogen-bond acceptors (Lipinski definition) is 4. The second-order valence-corrected chi connectivity index (χ2v) is 7.68. The van der Waals surface area contributed by atoms with Crippen LogP contribution in [0.3, 0.4) is 0 Å². The third kappa shape index (κ3) is 4.43. The fourth-order valence-electron chi connectivity index (χ4n) is 4.11. The molecule has 1 aromatic heterocycles. The molecular weight excluding hydrogens is 355 g/mol. The standard InChI is InChI=1S/C22H27FN4O/c23-18-6-8-19(9-7-18)26-12-14-27(15-13-26)20-10-11-21(24-16-20)25-22(28)17-4-2-1-3-5-17/h6-11,16-17H,1-5,12-15H2,(H,24,25,28). The van der Waals surface area contributed by atoms with Crippen LogP contribution in [-0.4, -0.2) is 37.1 Å². The predicted molar refractivity (Wildman–Crippen MR) is 110 cm³/mol. The molecule has 1 aromatic carbocycles. The zero-order chi connectivity index (χ0) is 19.3. The Kier molecular flexibility index (Phi) is 5.74. The molecule has 6 heteroatoms. The van der Waals surface area contributed by atoms with E-state index in [0.29, 0.717) is 5.82 Å². The van der Waals surface area contributed by atoms with Gasteiger partial charge in [-0.15, -0.1) is 0 Å². The van der Waals surface area contributed by atoms with Crippen LogP contribution in [-0.2, 0) is 4.79 Å². The normalized spacial score (nSPS) is 18.2. The first-order valence-corrected chi connectivity index (χ1v) is 10.2. The minimum atomic E-state index is -0.205. The predicted octanol–water partition coefficient (Wildman–Crippen LogP) is 4.07. The molecule has 0 radical (unpaired) electrons. The molecule has 2 aliphatic rings. The van der Waals surface area contributed by atoms with Gasteiger partial charge in [0.05, 0.1) is 11.9 Å². The van der Waals surface area contributed by atoms with Gasteiger partial charge in [-0.25, -0.2) is 9.37 Å². The van der Waals surface area contributed by atoms with E-state index in [-0.39, 0.29) is 17.6 Å². The summed E-state index contributed by atoms with van der Waals surface area (Å²) < 4.78 is 13.1. The zero-order valence-corrected chi connectivity index (χ0v) is 16.1. The van der Waals surface area contributed by atoms with E-state index in [2.05, 4.69) is 20.1 Å². The molecule has 1 aliphatic heterocycles. The minimum absolute atomic E-state index is 0.105. The van der Waals surface area contributed by atoms with Gasteiger partial charge in [-0.3, -0.25) is 4.79 Å². The minimum Gasteiger partial charge on any atom is -0.368 e. The van der Waals surface area contributed by atoms with E-state index in [1.54, 1.807) is 0 Å². The first kappa shape index (κ1) is 18.7. The van der Waals surface area contributed by atoms with Crippen LogP contribution in [0.5, 0.6) is 0 Å². The lowest BCUT2D eigenvalue weighted by molar-refractivity contribution is -0.120. The number of halogens is 1. The molecule has 0 spiro atoms. The van der Waals surface area contributed by atoms with Gasteiger partial charge in [-0.2, -0.15) is 0 Å². The Morgan fingerprint density at radius 1 is 0.893 bits per heavy atom. The van der Waals surface area contributed by atoms with Crippen LogP contribution in [0, 0.1) is 11.7 Å². The van der Waals surface area contributed by atoms with Crippen molar-refractivity contribution in [3.8, 4) is 0 Å². The molecule has 2 fully saturated rings. The number of nitrogens with zero attached hydrogens (tertiary/aromatic N) is 3. The highest BCUT2D eigenvalue weighted by molar-refractivity contribution is 5.91. The van der Waals surface area contributed by atoms with Crippen molar-refractivity contribution in [1.29, 1.82) is 0 Å². The van der Waals surface area contributed by atoms with Crippen molar-refractivity contribution in [2.45, 2.75) is 32.1 Å². The van der Waals surface area contributed by atoms with Gasteiger partial charge in [0.2, 0.25) is 5.91 Å². The van der Waals surface area contributed by atoms with E-state index in [1.165, 1.54) is 18.6 Å². The van der Waals surface area contributed by atoms with E-state index in [0.717, 1.165) is 63.2 Å². The van der Waals surface area contributed by atoms with Crippen LogP contribution in [0.1, 0.15) is 32.1 Å². The van der Waals surface area contributed by atoms with Gasteiger partial charge < -0.3 is 15.1 Å². The molecule has 0 unspecified atom stereocenters. The molecule has 1 saturated carbocycles. The maximum absolute atomic E-state index is 13.1. The topological polar surface area (TPSA) is 48.5 Å². The van der Waals surface area contributed by atoms with Gasteiger partial charge in [0.15, 0.2) is 0 Å². The average Bonchev–Trinajstić information content (AvgIpc) is 2.76. The third-order valence-electron chi connectivity index (χ3n) is 5.81. The highest BCUT2D eigenvalue weighted by atomic mass is 19.1. The fourth-order valence-corrected chi connectivity index (χ4v) is 4.11. The van der Waals surface area contributed by atoms with Gasteiger partial charge in [0.25, 0.3) is 0 Å². The van der Waals surface area contributed by atoms with E-state index in [1.807, 2.05) is 30.5 Å². The molecule has 0 atom stereocenters. The molecule has 28 heavy (non-hydrogen) atoms. The summed E-state index contributed by atoms with van der Waals surface area (Å²) >= 11 is 0. The number of carbonyl (C=O) groups is 1. The van der Waals surface area contributed by atoms with Crippen LogP contribution < -0.4 is 15.1 Å². The lowest BCUT2D eigenvalue weighted by Gasteiger charge is -2.37. The molecule has 2 heterocycles. The first-order chi connectivity index (χ1) is 13.7. The summed E-state index contributed by atoms with van der Waals surface area (Å²) in [6.45, 7) is 3.53. The zero-order valence-electron chi connectivity index (χ0n) is 16.1. The third-order valence-corrected chi connectivity index (χ3v) is 5.81. The van der Waals surface area contributed by atoms with E-state index in [4.69, 9.17) is 0 Å². The van der Waals surface area contributed by atoms with Gasteiger partial charge in [0, 0.05) is 37.8 Å². The van der Waals surface area contributed by atoms with Crippen LogP contribution in [0.15, 0.2) is 42.6 Å². The molecule has 1 saturated heterocycles. The Morgan fingerprint density at radius 2 is 1.50 bits per heavy atom. The molecule has 4 rings (SSSR count). The number of nitrogens with one attached hydrogen (secondary N) is 1. The quantitative estimate of drug-likeness (QED) is 0.866. The van der Waals surface area contributed by atoms with Gasteiger partial charge >= 0.3 is 0 Å². The summed E-state index contributed by atoms with van der Waals surface area (Å²) in [5.74, 6) is 0.663. The Balaban J connectivity index is 1.30. The van der Waals surface area contributed by atoms with Crippen molar-refractivity contribution in [2.24, 2.45) is 5.92 Å². The van der Waals surface area contributed by atoms with Crippen molar-refractivity contribution < 1.29 is 9.18 Å². The van der Waals surface area contributed by atoms with Crippen LogP contribution in [0.25, 0.3) is 0 Å². The van der Waals surface area contributed by atoms with Crippen LogP contribution in [0.2, 0.25) is 0 Å². The Labute approximate surface area is 165 Å². The lowest BCUT2D eigenvalue weighted by Crippen LogP contribution is -2.46. The number of hydrogen-bond donors (Lipinski definition) is 1. The lowest BCUT2D eigenvalue weighted by atomic mass is 9.89. The molecule has 5 nitrogen and oxygen atoms in total. The molecular formula is C22H27FN4O. The van der Waals surface area contributed by atoms with E-state index >= 15 is 0 Å². The fraction of sp³-hybridized carbons (Fsp3) is 0.455. The second kappa shape index (κ2) is 8.59. The number of pyridine rings is 1. The number of amides is 1. The maximum Gasteiger partial charge on any atom is 0.228 e. The average molecular weight is 382 g/mol. The Morgan fingerprint density at radius 3 is 2.11 bits per heavy atom. The molecule has 1 aliphatic carbocycles. The molecule has 2 aromatic rings. The number of anilines is 3. The monoisotopic (exact) mass is 382 g/mol. The largest absolute Gasteiger partial charge is 0.368 e. The van der Waals surface area contributed by atoms with Crippen molar-refractivity contribution in [1.82, 2.24) is 4.98 Å². The molecule has 1 amide bonds. The highest BCUT2D eigenvalue weighted by Gasteiger charge is 2.22. The van der Waals surface area contributed by atoms with Crippen molar-refractivity contribution in [3.63, 3.8) is 0 Å². The second-order valence-electron chi connectivity index (χ2n) is 7.68. The summed E-state index contributed by atoms with van der Waals surface area (Å²) in [6.07, 6.45) is 7.35. The van der Waals surface area contributed by atoms with Crippen molar-refractivity contribution in [3.05, 3.63) is 48.4 Å². The first-order valence-electron chi connectivity index (χ1n) is 10.2. The van der Waals surface area contributed by atoms with E-state index < -0.39 is 0 Å². The van der Waals surface area contributed by atoms with Gasteiger partial charge in [0.1, 0.15) is 11.6 Å². The summed E-state index contributed by atoms with van der Waals surface area (Å²) in [5, 5.41) is 2.97. The smallest absolute Gasteiger partial charge is 0.228 e. The SMILES string of the molecule is O=C(Nc1ccc(N2CCN(c3ccc(F)cc3)CC2)cn1)C1CCCCC1. The molecule has 1 N–H and O–H groups in total. The molecule has 0 bridgehead atoms. The highest BCUT2D eigenvalue weighted by Crippen LogP contribution is 2.25. The number of benzene rings is 1. The Hall–Kier alpha value is -2.63. The van der Waals surface area contributed by atoms with Gasteiger partial charge in [-0.05, 0) is 49.2 Å². The summed E-state index contributed by atoms with van der Waals surface area (Å²) in [4.78, 5) is 21.4. The number of carbonyl (C=O) groups excluding carboxylic acids is 1. The number of rotatable bonds is 4. The number of piperazine rings is 1. The summed E-state index contributed by atoms with van der Waals surface area (Å²) in [7, 11) is 0. The Bertz CT molecular complexity index is 779.